The fourth-order valence-corrected chi connectivity index (χ4v) is 4.07. The Morgan fingerprint density at radius 3 is 2.31 bits per heavy atom. The Labute approximate surface area is 213 Å². The first kappa shape index (κ1) is 28.5. The zero-order valence-electron chi connectivity index (χ0n) is 20.9. The molecule has 3 rings (SSSR count). The first-order valence-corrected chi connectivity index (χ1v) is 11.6. The maximum absolute atomic E-state index is 12.4. The third-order valence-electron chi connectivity index (χ3n) is 5.61. The molecule has 2 aliphatic heterocycles. The Hall–Kier alpha value is -2.74. The van der Waals surface area contributed by atoms with Crippen LogP contribution in [0.2, 0.25) is 0 Å². The first-order chi connectivity index (χ1) is 16.2. The number of rotatable bonds is 7. The van der Waals surface area contributed by atoms with Crippen LogP contribution in [0.25, 0.3) is 0 Å². The minimum Gasteiger partial charge on any atom is -0.492 e. The molecule has 1 aromatic rings. The van der Waals surface area contributed by atoms with Gasteiger partial charge in [0.2, 0.25) is 0 Å². The minimum atomic E-state index is -0.524. The van der Waals surface area contributed by atoms with Crippen LogP contribution in [-0.2, 0) is 9.47 Å². The van der Waals surface area contributed by atoms with Crippen molar-refractivity contribution in [2.45, 2.75) is 38.6 Å². The molecule has 2 fully saturated rings. The van der Waals surface area contributed by atoms with Gasteiger partial charge in [0.05, 0.1) is 43.5 Å². The van der Waals surface area contributed by atoms with Crippen LogP contribution >= 0.6 is 12.4 Å². The van der Waals surface area contributed by atoms with Gasteiger partial charge in [0.1, 0.15) is 18.0 Å². The van der Waals surface area contributed by atoms with Crippen molar-refractivity contribution in [3.8, 4) is 11.8 Å². The SMILES string of the molecule is CNC(=O)N(CCOc1ccc(C#N)cc1)CCN1CC2CN(C(=O)OC(C)(C)C)CC(C1)O2.Cl. The van der Waals surface area contributed by atoms with Crippen molar-refractivity contribution in [2.24, 2.45) is 0 Å². The molecule has 2 unspecified atom stereocenters. The third kappa shape index (κ3) is 8.76. The molecule has 35 heavy (non-hydrogen) atoms. The lowest BCUT2D eigenvalue weighted by atomic mass is 10.1. The van der Waals surface area contributed by atoms with Gasteiger partial charge in [0.15, 0.2) is 0 Å². The second kappa shape index (κ2) is 12.8. The smallest absolute Gasteiger partial charge is 0.410 e. The number of morpholine rings is 2. The molecule has 0 aromatic heterocycles. The third-order valence-corrected chi connectivity index (χ3v) is 5.61. The van der Waals surface area contributed by atoms with Gasteiger partial charge < -0.3 is 29.3 Å². The van der Waals surface area contributed by atoms with Crippen molar-refractivity contribution < 1.29 is 23.8 Å². The van der Waals surface area contributed by atoms with E-state index in [1.165, 1.54) is 0 Å². The first-order valence-electron chi connectivity index (χ1n) is 11.6. The summed E-state index contributed by atoms with van der Waals surface area (Å²) < 4.78 is 17.3. The topological polar surface area (TPSA) is 107 Å². The average molecular weight is 510 g/mol. The molecule has 0 radical (unpaired) electrons. The van der Waals surface area contributed by atoms with Gasteiger partial charge in [0, 0.05) is 33.2 Å². The van der Waals surface area contributed by atoms with E-state index in [0.29, 0.717) is 63.7 Å². The van der Waals surface area contributed by atoms with Gasteiger partial charge in [-0.1, -0.05) is 0 Å². The summed E-state index contributed by atoms with van der Waals surface area (Å²) in [6.07, 6.45) is -0.450. The number of hydrogen-bond acceptors (Lipinski definition) is 7. The van der Waals surface area contributed by atoms with E-state index in [1.807, 2.05) is 20.8 Å². The van der Waals surface area contributed by atoms with Crippen molar-refractivity contribution >= 4 is 24.5 Å². The Bertz CT molecular complexity index is 872. The quantitative estimate of drug-likeness (QED) is 0.601. The predicted octanol–water partition coefficient (Wildman–Crippen LogP) is 2.32. The zero-order chi connectivity index (χ0) is 24.7. The number of fused-ring (bicyclic) bond motifs is 2. The zero-order valence-corrected chi connectivity index (χ0v) is 21.7. The van der Waals surface area contributed by atoms with Gasteiger partial charge in [-0.3, -0.25) is 4.90 Å². The Morgan fingerprint density at radius 2 is 1.77 bits per heavy atom. The number of carbonyl (C=O) groups is 2. The second-order valence-electron chi connectivity index (χ2n) is 9.55. The molecule has 11 heteroatoms. The summed E-state index contributed by atoms with van der Waals surface area (Å²) >= 11 is 0. The van der Waals surface area contributed by atoms with Gasteiger partial charge in [-0.25, -0.2) is 9.59 Å². The summed E-state index contributed by atoms with van der Waals surface area (Å²) in [5.41, 5.74) is 0.0488. The summed E-state index contributed by atoms with van der Waals surface area (Å²) in [6, 6.07) is 8.81. The molecule has 2 aliphatic rings. The second-order valence-corrected chi connectivity index (χ2v) is 9.55. The molecule has 2 heterocycles. The highest BCUT2D eigenvalue weighted by Crippen LogP contribution is 2.21. The summed E-state index contributed by atoms with van der Waals surface area (Å²) in [4.78, 5) is 30.5. The molecule has 0 spiro atoms. The number of benzene rings is 1. The molecule has 10 nitrogen and oxygen atoms in total. The molecule has 2 saturated heterocycles. The van der Waals surface area contributed by atoms with Crippen LogP contribution in [-0.4, -0.2) is 104 Å². The molecule has 2 atom stereocenters. The van der Waals surface area contributed by atoms with E-state index in [4.69, 9.17) is 19.5 Å². The number of halogens is 1. The summed E-state index contributed by atoms with van der Waals surface area (Å²) in [6.45, 7) is 10.0. The lowest BCUT2D eigenvalue weighted by Gasteiger charge is -2.46. The fraction of sp³-hybridized carbons (Fsp3) is 0.625. The monoisotopic (exact) mass is 509 g/mol. The van der Waals surface area contributed by atoms with Crippen molar-refractivity contribution in [1.29, 1.82) is 5.26 Å². The van der Waals surface area contributed by atoms with Gasteiger partial charge in [-0.05, 0) is 45.0 Å². The minimum absolute atomic E-state index is 0. The number of amides is 3. The standard InChI is InChI=1S/C24H35N5O5.ClH/c1-24(2,3)34-23(31)29-16-20-14-27(15-21(17-29)33-20)9-10-28(22(30)26-4)11-12-32-19-7-5-18(13-25)6-8-19;/h5-8,20-21H,9-12,14-17H2,1-4H3,(H,26,30);1H. The number of nitrogens with one attached hydrogen (secondary N) is 1. The largest absolute Gasteiger partial charge is 0.492 e. The molecule has 3 amide bonds. The van der Waals surface area contributed by atoms with Crippen LogP contribution in [0.3, 0.4) is 0 Å². The lowest BCUT2D eigenvalue weighted by molar-refractivity contribution is -0.136. The Balaban J connectivity index is 0.00000432. The molecule has 2 bridgehead atoms. The number of urea groups is 1. The highest BCUT2D eigenvalue weighted by Gasteiger charge is 2.38. The number of carbonyl (C=O) groups excluding carboxylic acids is 2. The van der Waals surface area contributed by atoms with Gasteiger partial charge in [-0.15, -0.1) is 12.4 Å². The van der Waals surface area contributed by atoms with Crippen LogP contribution in [0.4, 0.5) is 9.59 Å². The Morgan fingerprint density at radius 1 is 1.14 bits per heavy atom. The van der Waals surface area contributed by atoms with Gasteiger partial charge in [-0.2, -0.15) is 5.26 Å². The van der Waals surface area contributed by atoms with E-state index in [2.05, 4.69) is 16.3 Å². The van der Waals surface area contributed by atoms with Crippen LogP contribution in [0.5, 0.6) is 5.75 Å². The summed E-state index contributed by atoms with van der Waals surface area (Å²) in [7, 11) is 1.61. The Kier molecular flexibility index (Phi) is 10.4. The van der Waals surface area contributed by atoms with E-state index in [9.17, 15) is 9.59 Å². The maximum atomic E-state index is 12.4. The van der Waals surface area contributed by atoms with E-state index >= 15 is 0 Å². The molecule has 194 valence electrons. The van der Waals surface area contributed by atoms with Gasteiger partial charge >= 0.3 is 12.1 Å². The fourth-order valence-electron chi connectivity index (χ4n) is 4.07. The number of ether oxygens (including phenoxy) is 3. The van der Waals surface area contributed by atoms with Gasteiger partial charge in [0.25, 0.3) is 0 Å². The van der Waals surface area contributed by atoms with Crippen molar-refractivity contribution in [3.63, 3.8) is 0 Å². The molecule has 0 saturated carbocycles. The van der Waals surface area contributed by atoms with Crippen molar-refractivity contribution in [1.82, 2.24) is 20.0 Å². The summed E-state index contributed by atoms with van der Waals surface area (Å²) in [5, 5.41) is 11.6. The van der Waals surface area contributed by atoms with E-state index in [0.717, 1.165) is 0 Å². The molecular weight excluding hydrogens is 474 g/mol. The maximum Gasteiger partial charge on any atom is 0.410 e. The average Bonchev–Trinajstić information content (AvgIpc) is 2.79. The van der Waals surface area contributed by atoms with Crippen LogP contribution < -0.4 is 10.1 Å². The molecule has 0 aliphatic carbocycles. The van der Waals surface area contributed by atoms with E-state index < -0.39 is 5.60 Å². The predicted molar refractivity (Wildman–Crippen MR) is 133 cm³/mol. The highest BCUT2D eigenvalue weighted by atomic mass is 35.5. The number of nitrogens with zero attached hydrogens (tertiary/aromatic N) is 4. The normalized spacial score (nSPS) is 19.7. The number of nitriles is 1. The van der Waals surface area contributed by atoms with Crippen LogP contribution in [0.1, 0.15) is 26.3 Å². The van der Waals surface area contributed by atoms with Crippen molar-refractivity contribution in [2.75, 3.05) is 59.5 Å². The lowest BCUT2D eigenvalue weighted by Crippen LogP contribution is -2.61. The van der Waals surface area contributed by atoms with E-state index in [-0.39, 0.29) is 36.7 Å². The van der Waals surface area contributed by atoms with Crippen LogP contribution in [0.15, 0.2) is 24.3 Å². The number of hydrogen-bond donors (Lipinski definition) is 1. The summed E-state index contributed by atoms with van der Waals surface area (Å²) in [5.74, 6) is 0.659. The van der Waals surface area contributed by atoms with Crippen molar-refractivity contribution in [3.05, 3.63) is 29.8 Å². The molecule has 1 N–H and O–H groups in total. The highest BCUT2D eigenvalue weighted by molar-refractivity contribution is 5.85. The van der Waals surface area contributed by atoms with Crippen LogP contribution in [0, 0.1) is 11.3 Å². The van der Waals surface area contributed by atoms with E-state index in [1.54, 1.807) is 41.1 Å². The molecule has 1 aromatic carbocycles. The molecular formula is C24H36ClN5O5.